The zero-order valence-electron chi connectivity index (χ0n) is 11.5. The highest BCUT2D eigenvalue weighted by molar-refractivity contribution is 6.34. The summed E-state index contributed by atoms with van der Waals surface area (Å²) >= 11 is 5.99. The van der Waals surface area contributed by atoms with E-state index in [9.17, 15) is 14.7 Å². The molecule has 0 saturated heterocycles. The Hall–Kier alpha value is -1.55. The van der Waals surface area contributed by atoms with Crippen LogP contribution in [0.5, 0.6) is 0 Å². The van der Waals surface area contributed by atoms with Crippen LogP contribution in [0, 0.1) is 12.3 Å². The Labute approximate surface area is 117 Å². The lowest BCUT2D eigenvalue weighted by molar-refractivity contribution is -0.142. The normalized spacial score (nSPS) is 12.9. The van der Waals surface area contributed by atoms with Gasteiger partial charge in [-0.3, -0.25) is 4.79 Å². The number of carbonyl (C=O) groups is 2. The molecule has 4 nitrogen and oxygen atoms in total. The molecule has 0 aliphatic heterocycles. The fourth-order valence-electron chi connectivity index (χ4n) is 1.66. The maximum atomic E-state index is 12.1. The number of aryl methyl sites for hydroxylation is 1. The average molecular weight is 284 g/mol. The van der Waals surface area contributed by atoms with Gasteiger partial charge in [0.1, 0.15) is 6.04 Å². The minimum atomic E-state index is -1.07. The quantitative estimate of drug-likeness (QED) is 0.896. The van der Waals surface area contributed by atoms with Gasteiger partial charge in [-0.2, -0.15) is 0 Å². The third-order valence-corrected chi connectivity index (χ3v) is 3.07. The molecule has 104 valence electrons. The summed E-state index contributed by atoms with van der Waals surface area (Å²) in [5.74, 6) is -1.54. The third kappa shape index (κ3) is 3.96. The van der Waals surface area contributed by atoms with Crippen molar-refractivity contribution in [3.05, 3.63) is 34.3 Å². The van der Waals surface area contributed by atoms with Crippen LogP contribution in [-0.2, 0) is 4.79 Å². The molecule has 1 amide bonds. The number of aliphatic carboxylic acids is 1. The van der Waals surface area contributed by atoms with Gasteiger partial charge in [-0.25, -0.2) is 4.79 Å². The Kier molecular flexibility index (Phi) is 4.58. The summed E-state index contributed by atoms with van der Waals surface area (Å²) in [7, 11) is 0. The smallest absolute Gasteiger partial charge is 0.326 e. The number of carboxylic acids is 1. The fourth-order valence-corrected chi connectivity index (χ4v) is 1.98. The Balaban J connectivity index is 2.98. The van der Waals surface area contributed by atoms with Crippen molar-refractivity contribution in [2.45, 2.75) is 33.7 Å². The first-order valence-corrected chi connectivity index (χ1v) is 6.30. The summed E-state index contributed by atoms with van der Waals surface area (Å²) in [5, 5.41) is 12.0. The second-order valence-electron chi connectivity index (χ2n) is 5.59. The molecule has 2 N–H and O–H groups in total. The van der Waals surface area contributed by atoms with Crippen molar-refractivity contribution in [3.63, 3.8) is 0 Å². The van der Waals surface area contributed by atoms with E-state index in [1.807, 2.05) is 6.92 Å². The lowest BCUT2D eigenvalue weighted by Gasteiger charge is -2.27. The lowest BCUT2D eigenvalue weighted by atomic mass is 9.86. The van der Waals surface area contributed by atoms with Crippen molar-refractivity contribution in [2.75, 3.05) is 0 Å². The Morgan fingerprint density at radius 3 is 2.32 bits per heavy atom. The molecule has 1 atom stereocenters. The standard InChI is InChI=1S/C14H18ClNO3/c1-8-5-6-9(10(15)7-8)12(17)16-11(13(18)19)14(2,3)4/h5-7,11H,1-4H3,(H,16,17)(H,18,19)/t11-/m1/s1. The highest BCUT2D eigenvalue weighted by Gasteiger charge is 2.33. The summed E-state index contributed by atoms with van der Waals surface area (Å²) in [6, 6.07) is 4.04. The average Bonchev–Trinajstić information content (AvgIpc) is 2.23. The SMILES string of the molecule is Cc1ccc(C(=O)N[C@H](C(=O)O)C(C)(C)C)c(Cl)c1. The molecular formula is C14H18ClNO3. The number of nitrogens with one attached hydrogen (secondary N) is 1. The molecule has 0 unspecified atom stereocenters. The van der Waals surface area contributed by atoms with Crippen molar-refractivity contribution < 1.29 is 14.7 Å². The maximum Gasteiger partial charge on any atom is 0.326 e. The van der Waals surface area contributed by atoms with Crippen molar-refractivity contribution in [3.8, 4) is 0 Å². The van der Waals surface area contributed by atoms with Crippen LogP contribution >= 0.6 is 11.6 Å². The Morgan fingerprint density at radius 2 is 1.89 bits per heavy atom. The monoisotopic (exact) mass is 283 g/mol. The van der Waals surface area contributed by atoms with E-state index in [4.69, 9.17) is 11.6 Å². The first kappa shape index (κ1) is 15.5. The summed E-state index contributed by atoms with van der Waals surface area (Å²) in [5.41, 5.74) is 0.633. The maximum absolute atomic E-state index is 12.1. The van der Waals surface area contributed by atoms with Gasteiger partial charge in [-0.05, 0) is 30.0 Å². The number of rotatable bonds is 3. The van der Waals surface area contributed by atoms with Crippen LogP contribution in [0.1, 0.15) is 36.7 Å². The molecule has 0 aliphatic rings. The molecule has 1 rings (SSSR count). The van der Waals surface area contributed by atoms with E-state index >= 15 is 0 Å². The minimum absolute atomic E-state index is 0.280. The molecule has 0 radical (unpaired) electrons. The molecule has 5 heteroatoms. The second-order valence-corrected chi connectivity index (χ2v) is 6.00. The number of carbonyl (C=O) groups excluding carboxylic acids is 1. The second kappa shape index (κ2) is 5.61. The molecule has 0 heterocycles. The minimum Gasteiger partial charge on any atom is -0.480 e. The number of carboxylic acid groups (broad SMARTS) is 1. The third-order valence-electron chi connectivity index (χ3n) is 2.76. The summed E-state index contributed by atoms with van der Waals surface area (Å²) < 4.78 is 0. The number of benzene rings is 1. The van der Waals surface area contributed by atoms with Crippen LogP contribution in [0.25, 0.3) is 0 Å². The molecule has 0 saturated carbocycles. The van der Waals surface area contributed by atoms with Crippen LogP contribution < -0.4 is 5.32 Å². The number of amides is 1. The van der Waals surface area contributed by atoms with Crippen molar-refractivity contribution >= 4 is 23.5 Å². The molecule has 0 bridgehead atoms. The van der Waals surface area contributed by atoms with Gasteiger partial charge >= 0.3 is 5.97 Å². The van der Waals surface area contributed by atoms with Gasteiger partial charge in [0.2, 0.25) is 0 Å². The molecule has 0 aliphatic carbocycles. The first-order chi connectivity index (χ1) is 8.62. The molecule has 19 heavy (non-hydrogen) atoms. The highest BCUT2D eigenvalue weighted by Crippen LogP contribution is 2.22. The predicted molar refractivity (Wildman–Crippen MR) is 74.5 cm³/mol. The van der Waals surface area contributed by atoms with Gasteiger partial charge in [-0.1, -0.05) is 38.4 Å². The first-order valence-electron chi connectivity index (χ1n) is 5.92. The number of halogens is 1. The van der Waals surface area contributed by atoms with E-state index in [0.29, 0.717) is 5.02 Å². The molecule has 1 aromatic rings. The van der Waals surface area contributed by atoms with Crippen LogP contribution in [0.4, 0.5) is 0 Å². The highest BCUT2D eigenvalue weighted by atomic mass is 35.5. The van der Waals surface area contributed by atoms with E-state index in [2.05, 4.69) is 5.32 Å². The van der Waals surface area contributed by atoms with E-state index in [1.165, 1.54) is 0 Å². The molecule has 1 aromatic carbocycles. The zero-order chi connectivity index (χ0) is 14.8. The molecule has 0 fully saturated rings. The number of hydrogen-bond acceptors (Lipinski definition) is 2. The van der Waals surface area contributed by atoms with E-state index in [1.54, 1.807) is 39.0 Å². The Morgan fingerprint density at radius 1 is 1.32 bits per heavy atom. The topological polar surface area (TPSA) is 66.4 Å². The van der Waals surface area contributed by atoms with Crippen LogP contribution in [0.2, 0.25) is 5.02 Å². The van der Waals surface area contributed by atoms with Crippen molar-refractivity contribution in [2.24, 2.45) is 5.41 Å². The summed E-state index contributed by atoms with van der Waals surface area (Å²) in [6.45, 7) is 7.12. The van der Waals surface area contributed by atoms with E-state index in [0.717, 1.165) is 5.56 Å². The lowest BCUT2D eigenvalue weighted by Crippen LogP contribution is -2.49. The fraction of sp³-hybridized carbons (Fsp3) is 0.429. The van der Waals surface area contributed by atoms with Gasteiger partial charge in [0, 0.05) is 0 Å². The molecule has 0 spiro atoms. The molecular weight excluding hydrogens is 266 g/mol. The molecule has 0 aromatic heterocycles. The van der Waals surface area contributed by atoms with Crippen LogP contribution in [0.3, 0.4) is 0 Å². The van der Waals surface area contributed by atoms with Gasteiger partial charge in [0.25, 0.3) is 5.91 Å². The summed E-state index contributed by atoms with van der Waals surface area (Å²) in [6.07, 6.45) is 0. The van der Waals surface area contributed by atoms with E-state index in [-0.39, 0.29) is 5.56 Å². The van der Waals surface area contributed by atoms with Crippen LogP contribution in [-0.4, -0.2) is 23.0 Å². The van der Waals surface area contributed by atoms with Crippen molar-refractivity contribution in [1.82, 2.24) is 5.32 Å². The van der Waals surface area contributed by atoms with Gasteiger partial charge in [0.05, 0.1) is 10.6 Å². The van der Waals surface area contributed by atoms with Gasteiger partial charge in [0.15, 0.2) is 0 Å². The van der Waals surface area contributed by atoms with E-state index < -0.39 is 23.3 Å². The largest absolute Gasteiger partial charge is 0.480 e. The predicted octanol–water partition coefficient (Wildman–Crippen LogP) is 2.88. The number of hydrogen-bond donors (Lipinski definition) is 2. The summed E-state index contributed by atoms with van der Waals surface area (Å²) in [4.78, 5) is 23.3. The van der Waals surface area contributed by atoms with Gasteiger partial charge in [-0.15, -0.1) is 0 Å². The van der Waals surface area contributed by atoms with Crippen LogP contribution in [0.15, 0.2) is 18.2 Å². The van der Waals surface area contributed by atoms with Gasteiger partial charge < -0.3 is 10.4 Å². The Bertz CT molecular complexity index is 506. The van der Waals surface area contributed by atoms with Crippen molar-refractivity contribution in [1.29, 1.82) is 0 Å². The zero-order valence-corrected chi connectivity index (χ0v) is 12.2.